The molecule has 0 fully saturated rings. The van der Waals surface area contributed by atoms with Gasteiger partial charge in [-0.3, -0.25) is 0 Å². The predicted octanol–water partition coefficient (Wildman–Crippen LogP) is 11.3. The Morgan fingerprint density at radius 3 is 1.93 bits per heavy atom. The highest BCUT2D eigenvalue weighted by Crippen LogP contribution is 2.41. The Bertz CT molecular complexity index is 1770. The van der Waals surface area contributed by atoms with E-state index in [4.69, 9.17) is 0 Å². The van der Waals surface area contributed by atoms with Crippen molar-refractivity contribution in [2.75, 3.05) is 19.0 Å². The van der Waals surface area contributed by atoms with Crippen LogP contribution in [0, 0.1) is 0 Å². The Morgan fingerprint density at radius 2 is 1.33 bits per heavy atom. The van der Waals surface area contributed by atoms with E-state index in [-0.39, 0.29) is 22.9 Å². The fourth-order valence-corrected chi connectivity index (χ4v) is 4.61. The predicted molar refractivity (Wildman–Crippen MR) is 174 cm³/mol. The van der Waals surface area contributed by atoms with Crippen LogP contribution >= 0.6 is 0 Å². The summed E-state index contributed by atoms with van der Waals surface area (Å²) in [5.41, 5.74) is 1.26. The Kier molecular flexibility index (Phi) is 10.2. The van der Waals surface area contributed by atoms with E-state index in [1.165, 1.54) is 0 Å². The third kappa shape index (κ3) is 8.41. The molecule has 0 bridgehead atoms. The first-order valence-electron chi connectivity index (χ1n) is 14.1. The number of aromatic nitrogens is 1. The average molecular weight is 619 g/mol. The van der Waals surface area contributed by atoms with Crippen LogP contribution in [0.25, 0.3) is 40.3 Å². The van der Waals surface area contributed by atoms with Crippen LogP contribution in [0.2, 0.25) is 0 Å². The number of para-hydroxylation sites is 1. The number of benzene rings is 3. The van der Waals surface area contributed by atoms with Gasteiger partial charge in [-0.05, 0) is 73.0 Å². The van der Waals surface area contributed by atoms with Crippen LogP contribution in [0.3, 0.4) is 0 Å². The van der Waals surface area contributed by atoms with Gasteiger partial charge in [-0.1, -0.05) is 84.5 Å². The maximum Gasteiger partial charge on any atom is 0.416 e. The maximum atomic E-state index is 13.9. The van der Waals surface area contributed by atoms with Crippen molar-refractivity contribution in [3.05, 3.63) is 137 Å². The van der Waals surface area contributed by atoms with Crippen molar-refractivity contribution in [2.24, 2.45) is 0 Å². The third-order valence-electron chi connectivity index (χ3n) is 7.09. The average Bonchev–Trinajstić information content (AvgIpc) is 3.00. The molecule has 0 aliphatic rings. The summed E-state index contributed by atoms with van der Waals surface area (Å²) in [4.78, 5) is 6.65. The summed E-state index contributed by atoms with van der Waals surface area (Å²) in [6.45, 7) is 3.78. The summed E-state index contributed by atoms with van der Waals surface area (Å²) >= 11 is 0. The van der Waals surface area contributed by atoms with Gasteiger partial charge in [-0.2, -0.15) is 26.3 Å². The normalized spacial score (nSPS) is 13.3. The standard InChI is InChI=1S/C37H32F6N2/c1-5-25(2)12-6-10-17-34-35(27-22-28(36(38,39)40)24-29(23-27)37(41,42)43)32(31-14-9-11-16-33(31)44-34)15-8-7-13-26-18-20-30(21-19-26)45(3)4/h5-24H,1-4H3/b12-6+,13-7+,15-8+,17-10+,25-5+. The highest BCUT2D eigenvalue weighted by molar-refractivity contribution is 5.98. The van der Waals surface area contributed by atoms with E-state index in [2.05, 4.69) is 4.98 Å². The second kappa shape index (κ2) is 13.8. The van der Waals surface area contributed by atoms with Crippen molar-refractivity contribution in [1.82, 2.24) is 4.98 Å². The summed E-state index contributed by atoms with van der Waals surface area (Å²) in [6, 6.07) is 16.5. The summed E-state index contributed by atoms with van der Waals surface area (Å²) in [7, 11) is 3.88. The number of hydrogen-bond acceptors (Lipinski definition) is 2. The largest absolute Gasteiger partial charge is 0.416 e. The zero-order valence-corrected chi connectivity index (χ0v) is 25.2. The fraction of sp³-hybridized carbons (Fsp3) is 0.162. The molecule has 0 amide bonds. The monoisotopic (exact) mass is 618 g/mol. The Morgan fingerprint density at radius 1 is 0.733 bits per heavy atom. The first-order chi connectivity index (χ1) is 21.3. The van der Waals surface area contributed by atoms with Gasteiger partial charge in [0, 0.05) is 30.7 Å². The topological polar surface area (TPSA) is 16.1 Å². The van der Waals surface area contributed by atoms with Crippen LogP contribution in [0.5, 0.6) is 0 Å². The lowest BCUT2D eigenvalue weighted by Crippen LogP contribution is -2.11. The minimum atomic E-state index is -5.00. The molecule has 4 rings (SSSR count). The molecule has 45 heavy (non-hydrogen) atoms. The second-order valence-corrected chi connectivity index (χ2v) is 10.6. The highest BCUT2D eigenvalue weighted by Gasteiger charge is 2.37. The van der Waals surface area contributed by atoms with Gasteiger partial charge in [0.2, 0.25) is 0 Å². The van der Waals surface area contributed by atoms with Crippen LogP contribution in [0.1, 0.15) is 41.8 Å². The minimum absolute atomic E-state index is 0.135. The van der Waals surface area contributed by atoms with Crippen LogP contribution in [0.15, 0.2) is 109 Å². The molecule has 232 valence electrons. The van der Waals surface area contributed by atoms with Gasteiger partial charge in [0.25, 0.3) is 0 Å². The van der Waals surface area contributed by atoms with Crippen molar-refractivity contribution in [1.29, 1.82) is 0 Å². The Balaban J connectivity index is 1.96. The molecule has 0 aliphatic heterocycles. The van der Waals surface area contributed by atoms with Gasteiger partial charge in [0.15, 0.2) is 0 Å². The van der Waals surface area contributed by atoms with Gasteiger partial charge >= 0.3 is 12.4 Å². The van der Waals surface area contributed by atoms with E-state index in [9.17, 15) is 26.3 Å². The van der Waals surface area contributed by atoms with Crippen LogP contribution in [-0.4, -0.2) is 19.1 Å². The molecular formula is C37H32F6N2. The number of rotatable bonds is 8. The molecule has 2 nitrogen and oxygen atoms in total. The lowest BCUT2D eigenvalue weighted by Gasteiger charge is -2.18. The fourth-order valence-electron chi connectivity index (χ4n) is 4.61. The lowest BCUT2D eigenvalue weighted by atomic mass is 9.91. The van der Waals surface area contributed by atoms with E-state index in [1.807, 2.05) is 75.3 Å². The summed E-state index contributed by atoms with van der Waals surface area (Å²) in [5, 5.41) is 0.580. The lowest BCUT2D eigenvalue weighted by molar-refractivity contribution is -0.143. The molecule has 0 atom stereocenters. The third-order valence-corrected chi connectivity index (χ3v) is 7.09. The quantitative estimate of drug-likeness (QED) is 0.144. The molecule has 0 saturated carbocycles. The second-order valence-electron chi connectivity index (χ2n) is 10.6. The molecule has 0 radical (unpaired) electrons. The number of halogens is 6. The van der Waals surface area contributed by atoms with E-state index < -0.39 is 23.5 Å². The number of nitrogens with zero attached hydrogens (tertiary/aromatic N) is 2. The van der Waals surface area contributed by atoms with Crippen LogP contribution in [-0.2, 0) is 12.4 Å². The van der Waals surface area contributed by atoms with Gasteiger partial charge in [-0.15, -0.1) is 0 Å². The summed E-state index contributed by atoms with van der Waals surface area (Å²) in [6.07, 6.45) is 5.77. The van der Waals surface area contributed by atoms with Gasteiger partial charge in [0.05, 0.1) is 22.3 Å². The first-order valence-corrected chi connectivity index (χ1v) is 14.1. The number of allylic oxidation sites excluding steroid dienone is 7. The van der Waals surface area contributed by atoms with E-state index >= 15 is 0 Å². The molecule has 3 aromatic carbocycles. The molecule has 0 aliphatic carbocycles. The van der Waals surface area contributed by atoms with Crippen molar-refractivity contribution in [3.8, 4) is 11.1 Å². The highest BCUT2D eigenvalue weighted by atomic mass is 19.4. The first kappa shape index (κ1) is 33.1. The zero-order valence-electron chi connectivity index (χ0n) is 25.2. The SMILES string of the molecule is C/C=C(C)/C=C/C=C/c1nc2ccccc2c(/C=C/C=C/c2ccc(N(C)C)cc2)c1-c1cc(C(F)(F)F)cc(C(F)(F)F)c1. The molecule has 1 aromatic heterocycles. The van der Waals surface area contributed by atoms with Crippen molar-refractivity contribution >= 4 is 34.8 Å². The number of hydrogen-bond donors (Lipinski definition) is 0. The molecule has 0 spiro atoms. The minimum Gasteiger partial charge on any atom is -0.378 e. The van der Waals surface area contributed by atoms with E-state index in [1.54, 1.807) is 60.7 Å². The molecule has 0 saturated heterocycles. The van der Waals surface area contributed by atoms with Gasteiger partial charge < -0.3 is 4.90 Å². The molecule has 4 aromatic rings. The molecule has 1 heterocycles. The Labute approximate surface area is 259 Å². The summed E-state index contributed by atoms with van der Waals surface area (Å²) < 4.78 is 83.4. The Hall–Kier alpha value is -4.85. The van der Waals surface area contributed by atoms with Crippen molar-refractivity contribution in [2.45, 2.75) is 26.2 Å². The van der Waals surface area contributed by atoms with Crippen molar-refractivity contribution in [3.63, 3.8) is 0 Å². The number of fused-ring (bicyclic) bond motifs is 1. The van der Waals surface area contributed by atoms with Gasteiger partial charge in [0.1, 0.15) is 0 Å². The smallest absolute Gasteiger partial charge is 0.378 e. The number of anilines is 1. The van der Waals surface area contributed by atoms with E-state index in [0.717, 1.165) is 29.0 Å². The zero-order chi connectivity index (χ0) is 32.8. The van der Waals surface area contributed by atoms with E-state index in [0.29, 0.717) is 16.5 Å². The summed E-state index contributed by atoms with van der Waals surface area (Å²) in [5.74, 6) is 0. The molecule has 8 heteroatoms. The van der Waals surface area contributed by atoms with Crippen molar-refractivity contribution < 1.29 is 26.3 Å². The molecule has 0 N–H and O–H groups in total. The van der Waals surface area contributed by atoms with Crippen LogP contribution < -0.4 is 4.90 Å². The molecular weight excluding hydrogens is 586 g/mol. The van der Waals surface area contributed by atoms with Gasteiger partial charge in [-0.25, -0.2) is 4.98 Å². The number of alkyl halides is 6. The van der Waals surface area contributed by atoms with Crippen LogP contribution in [0.4, 0.5) is 32.0 Å². The number of pyridine rings is 1. The molecule has 0 unspecified atom stereocenters. The maximum absolute atomic E-state index is 13.9.